The van der Waals surface area contributed by atoms with Crippen LogP contribution in [-0.4, -0.2) is 58.4 Å². The number of benzene rings is 1. The average molecular weight is 476 g/mol. The summed E-state index contributed by atoms with van der Waals surface area (Å²) in [5.74, 6) is 1.89. The molecule has 10 heteroatoms. The van der Waals surface area contributed by atoms with Crippen LogP contribution >= 0.6 is 0 Å². The van der Waals surface area contributed by atoms with Crippen LogP contribution in [0.1, 0.15) is 54.6 Å². The van der Waals surface area contributed by atoms with E-state index in [2.05, 4.69) is 30.3 Å². The van der Waals surface area contributed by atoms with Gasteiger partial charge in [0.25, 0.3) is 0 Å². The summed E-state index contributed by atoms with van der Waals surface area (Å²) in [6.45, 7) is 3.80. The summed E-state index contributed by atoms with van der Waals surface area (Å²) in [7, 11) is 0. The lowest BCUT2D eigenvalue weighted by atomic mass is 10.1. The van der Waals surface area contributed by atoms with Gasteiger partial charge in [0.05, 0.1) is 11.8 Å². The zero-order valence-electron chi connectivity index (χ0n) is 19.6. The fourth-order valence-corrected chi connectivity index (χ4v) is 4.41. The van der Waals surface area contributed by atoms with Gasteiger partial charge in [-0.2, -0.15) is 20.1 Å². The second-order valence-electron chi connectivity index (χ2n) is 8.81. The molecule has 5 rings (SSSR count). The fraction of sp³-hybridized carbons (Fsp3) is 0.400. The van der Waals surface area contributed by atoms with Gasteiger partial charge < -0.3 is 19.3 Å². The lowest BCUT2D eigenvalue weighted by molar-refractivity contribution is 0.0697. The molecule has 35 heavy (non-hydrogen) atoms. The summed E-state index contributed by atoms with van der Waals surface area (Å²) in [4.78, 5) is 29.7. The highest BCUT2D eigenvalue weighted by Crippen LogP contribution is 2.24. The van der Waals surface area contributed by atoms with Crippen LogP contribution in [0.2, 0.25) is 0 Å². The van der Waals surface area contributed by atoms with Crippen molar-refractivity contribution in [2.45, 2.75) is 38.5 Å². The van der Waals surface area contributed by atoms with Crippen molar-refractivity contribution in [2.75, 3.05) is 41.4 Å². The Hall–Kier alpha value is -3.95. The summed E-state index contributed by atoms with van der Waals surface area (Å²) in [5, 5.41) is 13.5. The molecule has 0 radical (unpaired) electrons. The summed E-state index contributed by atoms with van der Waals surface area (Å²) < 4.78 is 5.83. The first kappa shape index (κ1) is 22.8. The molecule has 4 heterocycles. The molecule has 0 aliphatic carbocycles. The number of furan rings is 1. The van der Waals surface area contributed by atoms with E-state index in [1.165, 1.54) is 12.8 Å². The van der Waals surface area contributed by atoms with Gasteiger partial charge in [-0.05, 0) is 62.8 Å². The van der Waals surface area contributed by atoms with Gasteiger partial charge in [0.15, 0.2) is 0 Å². The zero-order valence-corrected chi connectivity index (χ0v) is 19.6. The van der Waals surface area contributed by atoms with Crippen LogP contribution in [0, 0.1) is 0 Å². The van der Waals surface area contributed by atoms with E-state index >= 15 is 0 Å². The third-order valence-electron chi connectivity index (χ3n) is 6.27. The highest BCUT2D eigenvalue weighted by Gasteiger charge is 2.20. The largest absolute Gasteiger partial charge is 0.478 e. The molecule has 2 fully saturated rings. The number of anilines is 3. The van der Waals surface area contributed by atoms with Gasteiger partial charge >= 0.3 is 5.97 Å². The lowest BCUT2D eigenvalue weighted by Crippen LogP contribution is -2.34. The minimum atomic E-state index is -0.977. The van der Waals surface area contributed by atoms with Crippen molar-refractivity contribution in [2.24, 2.45) is 5.10 Å². The van der Waals surface area contributed by atoms with Crippen molar-refractivity contribution in [3.8, 4) is 11.3 Å². The third-order valence-corrected chi connectivity index (χ3v) is 6.27. The molecule has 2 N–H and O–H groups in total. The molecule has 2 aromatic heterocycles. The van der Waals surface area contributed by atoms with Crippen molar-refractivity contribution in [1.82, 2.24) is 15.0 Å². The summed E-state index contributed by atoms with van der Waals surface area (Å²) in [6, 6.07) is 10.2. The van der Waals surface area contributed by atoms with E-state index in [0.29, 0.717) is 34.9 Å². The van der Waals surface area contributed by atoms with E-state index in [4.69, 9.17) is 9.40 Å². The predicted octanol–water partition coefficient (Wildman–Crippen LogP) is 4.26. The Morgan fingerprint density at radius 3 is 2.20 bits per heavy atom. The van der Waals surface area contributed by atoms with Gasteiger partial charge in [0.2, 0.25) is 17.8 Å². The maximum atomic E-state index is 11.2. The Balaban J connectivity index is 1.32. The van der Waals surface area contributed by atoms with Crippen LogP contribution in [0.3, 0.4) is 0 Å². The highest BCUT2D eigenvalue weighted by molar-refractivity contribution is 5.89. The quantitative estimate of drug-likeness (QED) is 0.381. The predicted molar refractivity (Wildman–Crippen MR) is 134 cm³/mol. The number of piperidine rings is 2. The molecule has 10 nitrogen and oxygen atoms in total. The Morgan fingerprint density at radius 2 is 1.57 bits per heavy atom. The second kappa shape index (κ2) is 10.5. The van der Waals surface area contributed by atoms with Gasteiger partial charge in [0.1, 0.15) is 11.5 Å². The normalized spacial score (nSPS) is 16.6. The van der Waals surface area contributed by atoms with Crippen LogP contribution in [0.15, 0.2) is 45.9 Å². The number of rotatable bonds is 7. The number of nitrogens with zero attached hydrogens (tertiary/aromatic N) is 6. The monoisotopic (exact) mass is 475 g/mol. The molecule has 0 bridgehead atoms. The number of nitrogens with one attached hydrogen (secondary N) is 1. The summed E-state index contributed by atoms with van der Waals surface area (Å²) >= 11 is 0. The smallest absolute Gasteiger partial charge is 0.335 e. The molecule has 0 atom stereocenters. The summed E-state index contributed by atoms with van der Waals surface area (Å²) in [5.41, 5.74) is 3.84. The number of hydrogen-bond acceptors (Lipinski definition) is 9. The molecule has 182 valence electrons. The molecule has 3 aromatic rings. The van der Waals surface area contributed by atoms with Gasteiger partial charge in [-0.25, -0.2) is 10.2 Å². The van der Waals surface area contributed by atoms with E-state index in [9.17, 15) is 9.90 Å². The van der Waals surface area contributed by atoms with Crippen LogP contribution in [0.5, 0.6) is 0 Å². The first-order chi connectivity index (χ1) is 17.2. The van der Waals surface area contributed by atoms with Crippen molar-refractivity contribution < 1.29 is 14.3 Å². The summed E-state index contributed by atoms with van der Waals surface area (Å²) in [6.07, 6.45) is 8.59. The van der Waals surface area contributed by atoms with E-state index in [1.54, 1.807) is 42.6 Å². The molecule has 0 spiro atoms. The Morgan fingerprint density at radius 1 is 0.914 bits per heavy atom. The van der Waals surface area contributed by atoms with Crippen LogP contribution in [0.4, 0.5) is 17.8 Å². The molecule has 2 aliphatic heterocycles. The number of hydrogen-bond donors (Lipinski definition) is 2. The topological polar surface area (TPSA) is 120 Å². The molecule has 0 unspecified atom stereocenters. The van der Waals surface area contributed by atoms with Crippen LogP contribution in [-0.2, 0) is 0 Å². The fourth-order valence-electron chi connectivity index (χ4n) is 4.41. The molecule has 0 saturated carbocycles. The van der Waals surface area contributed by atoms with E-state index in [1.807, 2.05) is 0 Å². The Bertz CT molecular complexity index is 1160. The van der Waals surface area contributed by atoms with Crippen molar-refractivity contribution >= 4 is 30.0 Å². The van der Waals surface area contributed by atoms with E-state index < -0.39 is 5.97 Å². The highest BCUT2D eigenvalue weighted by atomic mass is 16.4. The van der Waals surface area contributed by atoms with Crippen LogP contribution in [0.25, 0.3) is 11.3 Å². The van der Waals surface area contributed by atoms with E-state index in [0.717, 1.165) is 51.9 Å². The van der Waals surface area contributed by atoms with Gasteiger partial charge in [0, 0.05) is 31.7 Å². The average Bonchev–Trinajstić information content (AvgIpc) is 3.39. The number of carbonyl (C=O) groups is 1. The zero-order chi connectivity index (χ0) is 24.0. The van der Waals surface area contributed by atoms with Crippen LogP contribution < -0.4 is 15.2 Å². The SMILES string of the molecule is O=C(O)c1cccc(-c2ccc(/C=N\Nc3nc(N4CCCCC4)nc(N4CCCCC4)n3)o2)c1. The maximum absolute atomic E-state index is 11.2. The Kier molecular flexibility index (Phi) is 6.87. The minimum Gasteiger partial charge on any atom is -0.478 e. The standard InChI is InChI=1S/C25H29N7O3/c33-22(34)19-9-7-8-18(16-19)21-11-10-20(35-21)17-26-30-23-27-24(31-12-3-1-4-13-31)29-25(28-23)32-14-5-2-6-15-32/h7-11,16-17H,1-6,12-15H2,(H,33,34)(H,27,28,29,30)/b26-17-. The first-order valence-electron chi connectivity index (χ1n) is 12.1. The second-order valence-corrected chi connectivity index (χ2v) is 8.81. The number of aromatic carboxylic acids is 1. The molecule has 0 amide bonds. The maximum Gasteiger partial charge on any atom is 0.335 e. The third kappa shape index (κ3) is 5.59. The van der Waals surface area contributed by atoms with Crippen molar-refractivity contribution in [3.05, 3.63) is 47.7 Å². The molecular formula is C25H29N7O3. The molecule has 1 aromatic carbocycles. The Labute approximate surface area is 203 Å². The van der Waals surface area contributed by atoms with Gasteiger partial charge in [-0.15, -0.1) is 0 Å². The molecular weight excluding hydrogens is 446 g/mol. The number of hydrazone groups is 1. The number of carboxylic acid groups (broad SMARTS) is 1. The van der Waals surface area contributed by atoms with Crippen molar-refractivity contribution in [3.63, 3.8) is 0 Å². The molecule has 2 saturated heterocycles. The first-order valence-corrected chi connectivity index (χ1v) is 12.1. The lowest BCUT2D eigenvalue weighted by Gasteiger charge is -2.30. The number of aromatic nitrogens is 3. The van der Waals surface area contributed by atoms with E-state index in [-0.39, 0.29) is 5.56 Å². The van der Waals surface area contributed by atoms with Crippen molar-refractivity contribution in [1.29, 1.82) is 0 Å². The van der Waals surface area contributed by atoms with Gasteiger partial charge in [-0.1, -0.05) is 12.1 Å². The number of carboxylic acids is 1. The molecule has 2 aliphatic rings. The van der Waals surface area contributed by atoms with Gasteiger partial charge in [-0.3, -0.25) is 0 Å². The minimum absolute atomic E-state index is 0.208.